The number of pyridine rings is 1. The fourth-order valence-electron chi connectivity index (χ4n) is 1.58. The van der Waals surface area contributed by atoms with Gasteiger partial charge in [0.1, 0.15) is 11.4 Å². The van der Waals surface area contributed by atoms with Crippen LogP contribution in [0, 0.1) is 12.8 Å². The van der Waals surface area contributed by atoms with Gasteiger partial charge in [-0.2, -0.15) is 0 Å². The molecule has 0 amide bonds. The molecule has 2 rings (SSSR count). The molecule has 1 fully saturated rings. The van der Waals surface area contributed by atoms with Crippen molar-refractivity contribution in [2.75, 3.05) is 6.61 Å². The smallest absolute Gasteiger partial charge is 0.143 e. The molecule has 0 radical (unpaired) electrons. The molecule has 1 aliphatic carbocycles. The van der Waals surface area contributed by atoms with Gasteiger partial charge in [0.25, 0.3) is 0 Å². The Morgan fingerprint density at radius 3 is 2.93 bits per heavy atom. The van der Waals surface area contributed by atoms with Crippen LogP contribution in [0.1, 0.15) is 30.7 Å². The van der Waals surface area contributed by atoms with Gasteiger partial charge < -0.3 is 9.84 Å². The van der Waals surface area contributed by atoms with Gasteiger partial charge in [-0.05, 0) is 31.4 Å². The molecule has 0 atom stereocenters. The van der Waals surface area contributed by atoms with Gasteiger partial charge in [-0.1, -0.05) is 12.8 Å². The Bertz CT molecular complexity index is 334. The highest BCUT2D eigenvalue weighted by atomic mass is 16.5. The summed E-state index contributed by atoms with van der Waals surface area (Å²) in [4.78, 5) is 4.23. The second-order valence-electron chi connectivity index (χ2n) is 4.14. The summed E-state index contributed by atoms with van der Waals surface area (Å²) in [7, 11) is 0. The average molecular weight is 207 g/mol. The van der Waals surface area contributed by atoms with E-state index in [2.05, 4.69) is 4.98 Å². The zero-order valence-corrected chi connectivity index (χ0v) is 9.07. The third-order valence-corrected chi connectivity index (χ3v) is 2.70. The van der Waals surface area contributed by atoms with E-state index in [0.29, 0.717) is 5.69 Å². The van der Waals surface area contributed by atoms with Gasteiger partial charge in [-0.3, -0.25) is 4.98 Å². The molecular weight excluding hydrogens is 190 g/mol. The summed E-state index contributed by atoms with van der Waals surface area (Å²) in [5.74, 6) is 1.60. The molecular formula is C12H17NO2. The van der Waals surface area contributed by atoms with Crippen LogP contribution in [0.15, 0.2) is 12.1 Å². The highest BCUT2D eigenvalue weighted by Crippen LogP contribution is 2.32. The molecule has 3 heteroatoms. The minimum atomic E-state index is -0.0551. The predicted molar refractivity (Wildman–Crippen MR) is 57.7 cm³/mol. The molecule has 1 aromatic heterocycles. The Hall–Kier alpha value is -1.09. The average Bonchev–Trinajstić information content (AvgIpc) is 3.04. The molecule has 0 saturated heterocycles. The van der Waals surface area contributed by atoms with E-state index < -0.39 is 0 Å². The first-order chi connectivity index (χ1) is 7.29. The quantitative estimate of drug-likeness (QED) is 0.803. The van der Waals surface area contributed by atoms with Crippen LogP contribution in [0.2, 0.25) is 0 Å². The molecule has 0 spiro atoms. The Kier molecular flexibility index (Phi) is 3.21. The number of aromatic nitrogens is 1. The molecule has 0 unspecified atom stereocenters. The molecule has 0 aromatic carbocycles. The first-order valence-corrected chi connectivity index (χ1v) is 5.50. The number of aliphatic hydroxyl groups is 1. The van der Waals surface area contributed by atoms with Crippen LogP contribution in [0.3, 0.4) is 0 Å². The van der Waals surface area contributed by atoms with Gasteiger partial charge in [-0.25, -0.2) is 0 Å². The lowest BCUT2D eigenvalue weighted by Crippen LogP contribution is -2.03. The molecule has 1 heterocycles. The summed E-state index contributed by atoms with van der Waals surface area (Å²) in [6, 6.07) is 3.80. The van der Waals surface area contributed by atoms with Crippen LogP contribution < -0.4 is 4.74 Å². The van der Waals surface area contributed by atoms with Gasteiger partial charge in [0.15, 0.2) is 0 Å². The number of nitrogens with zero attached hydrogens (tertiary/aromatic N) is 1. The molecule has 82 valence electrons. The van der Waals surface area contributed by atoms with Crippen LogP contribution in [-0.4, -0.2) is 16.7 Å². The normalized spacial score (nSPS) is 15.3. The lowest BCUT2D eigenvalue weighted by atomic mass is 10.3. The van der Waals surface area contributed by atoms with Crippen molar-refractivity contribution in [3.05, 3.63) is 23.5 Å². The van der Waals surface area contributed by atoms with Crippen LogP contribution in [-0.2, 0) is 6.61 Å². The van der Waals surface area contributed by atoms with E-state index in [1.54, 1.807) is 0 Å². The van der Waals surface area contributed by atoms with Crippen LogP contribution >= 0.6 is 0 Å². The van der Waals surface area contributed by atoms with Gasteiger partial charge in [0.05, 0.1) is 13.2 Å². The van der Waals surface area contributed by atoms with Crippen LogP contribution in [0.5, 0.6) is 5.75 Å². The van der Waals surface area contributed by atoms with Crippen molar-refractivity contribution in [3.8, 4) is 5.75 Å². The molecule has 1 aliphatic rings. The van der Waals surface area contributed by atoms with Crippen molar-refractivity contribution in [2.45, 2.75) is 32.8 Å². The van der Waals surface area contributed by atoms with E-state index in [-0.39, 0.29) is 6.61 Å². The summed E-state index contributed by atoms with van der Waals surface area (Å²) >= 11 is 0. The lowest BCUT2D eigenvalue weighted by Gasteiger charge is -2.09. The molecule has 0 bridgehead atoms. The van der Waals surface area contributed by atoms with Crippen molar-refractivity contribution in [3.63, 3.8) is 0 Å². The van der Waals surface area contributed by atoms with Crippen molar-refractivity contribution in [2.24, 2.45) is 5.92 Å². The van der Waals surface area contributed by atoms with Crippen molar-refractivity contribution in [1.29, 1.82) is 0 Å². The van der Waals surface area contributed by atoms with E-state index in [0.717, 1.165) is 30.4 Å². The van der Waals surface area contributed by atoms with E-state index in [4.69, 9.17) is 9.84 Å². The van der Waals surface area contributed by atoms with Gasteiger partial charge >= 0.3 is 0 Å². The number of aliphatic hydroxyl groups excluding tert-OH is 1. The summed E-state index contributed by atoms with van der Waals surface area (Å²) in [6.07, 6.45) is 3.82. The van der Waals surface area contributed by atoms with Crippen LogP contribution in [0.25, 0.3) is 0 Å². The minimum absolute atomic E-state index is 0.0551. The highest BCUT2D eigenvalue weighted by molar-refractivity contribution is 5.28. The number of hydrogen-bond acceptors (Lipinski definition) is 3. The SMILES string of the molecule is Cc1ccc(OCCC2CC2)c(CO)n1. The van der Waals surface area contributed by atoms with E-state index >= 15 is 0 Å². The molecule has 1 saturated carbocycles. The maximum atomic E-state index is 9.12. The Labute approximate surface area is 90.1 Å². The zero-order valence-electron chi connectivity index (χ0n) is 9.07. The Balaban J connectivity index is 1.92. The van der Waals surface area contributed by atoms with Gasteiger partial charge in [-0.15, -0.1) is 0 Å². The maximum Gasteiger partial charge on any atom is 0.143 e. The predicted octanol–water partition coefficient (Wildman–Crippen LogP) is 2.06. The third-order valence-electron chi connectivity index (χ3n) is 2.70. The molecule has 3 nitrogen and oxygen atoms in total. The van der Waals surface area contributed by atoms with Gasteiger partial charge in [0, 0.05) is 5.69 Å². The summed E-state index contributed by atoms with van der Waals surface area (Å²) in [5.41, 5.74) is 1.55. The molecule has 1 aromatic rings. The fraction of sp³-hybridized carbons (Fsp3) is 0.583. The number of hydrogen-bond donors (Lipinski definition) is 1. The zero-order chi connectivity index (χ0) is 10.7. The molecule has 0 aliphatic heterocycles. The second kappa shape index (κ2) is 4.62. The third kappa shape index (κ3) is 2.93. The molecule has 1 N–H and O–H groups in total. The summed E-state index contributed by atoms with van der Waals surface area (Å²) in [5, 5.41) is 9.12. The number of aryl methyl sites for hydroxylation is 1. The van der Waals surface area contributed by atoms with E-state index in [1.165, 1.54) is 12.8 Å². The topological polar surface area (TPSA) is 42.4 Å². The second-order valence-corrected chi connectivity index (χ2v) is 4.14. The number of rotatable bonds is 5. The van der Waals surface area contributed by atoms with Crippen molar-refractivity contribution >= 4 is 0 Å². The van der Waals surface area contributed by atoms with Gasteiger partial charge in [0.2, 0.25) is 0 Å². The van der Waals surface area contributed by atoms with Crippen molar-refractivity contribution < 1.29 is 9.84 Å². The minimum Gasteiger partial charge on any atom is -0.492 e. The first kappa shape index (κ1) is 10.4. The maximum absolute atomic E-state index is 9.12. The Morgan fingerprint density at radius 1 is 1.47 bits per heavy atom. The highest BCUT2D eigenvalue weighted by Gasteiger charge is 2.20. The Morgan fingerprint density at radius 2 is 2.27 bits per heavy atom. The lowest BCUT2D eigenvalue weighted by molar-refractivity contribution is 0.253. The fourth-order valence-corrected chi connectivity index (χ4v) is 1.58. The summed E-state index contributed by atoms with van der Waals surface area (Å²) < 4.78 is 5.61. The van der Waals surface area contributed by atoms with E-state index in [9.17, 15) is 0 Å². The van der Waals surface area contributed by atoms with E-state index in [1.807, 2.05) is 19.1 Å². The summed E-state index contributed by atoms with van der Waals surface area (Å²) in [6.45, 7) is 2.59. The standard InChI is InChI=1S/C12H17NO2/c1-9-2-5-12(11(8-14)13-9)15-7-6-10-3-4-10/h2,5,10,14H,3-4,6-8H2,1H3. The largest absolute Gasteiger partial charge is 0.492 e. The molecule has 15 heavy (non-hydrogen) atoms. The number of ether oxygens (including phenoxy) is 1. The van der Waals surface area contributed by atoms with Crippen molar-refractivity contribution in [1.82, 2.24) is 4.98 Å². The monoisotopic (exact) mass is 207 g/mol. The van der Waals surface area contributed by atoms with Crippen LogP contribution in [0.4, 0.5) is 0 Å². The first-order valence-electron chi connectivity index (χ1n) is 5.50.